The number of hydrogen-bond acceptors (Lipinski definition) is 7. The maximum absolute atomic E-state index is 5.53. The van der Waals surface area contributed by atoms with Crippen LogP contribution in [0.4, 0.5) is 5.13 Å². The molecule has 0 unspecified atom stereocenters. The van der Waals surface area contributed by atoms with Crippen LogP contribution in [0.5, 0.6) is 5.88 Å². The number of methoxy groups -OCH3 is 1. The van der Waals surface area contributed by atoms with E-state index in [4.69, 9.17) is 9.15 Å². The number of oxazole rings is 1. The van der Waals surface area contributed by atoms with E-state index in [1.165, 1.54) is 0 Å². The number of ether oxygens (including phenoxy) is 1. The number of hydrogen-bond donors (Lipinski definition) is 1. The highest BCUT2D eigenvalue weighted by molar-refractivity contribution is 7.15. The zero-order valence-corrected chi connectivity index (χ0v) is 13.3. The van der Waals surface area contributed by atoms with Crippen molar-refractivity contribution in [1.82, 2.24) is 15.3 Å². The zero-order chi connectivity index (χ0) is 14.7. The molecule has 0 spiro atoms. The van der Waals surface area contributed by atoms with Gasteiger partial charge in [-0.05, 0) is 13.8 Å². The topological polar surface area (TPSA) is 63.4 Å². The van der Waals surface area contributed by atoms with E-state index in [1.54, 1.807) is 18.4 Å². The quantitative estimate of drug-likeness (QED) is 0.881. The number of anilines is 1. The van der Waals surface area contributed by atoms with Gasteiger partial charge in [-0.1, -0.05) is 11.3 Å². The normalized spacial score (nSPS) is 10.8. The molecular formula is C13H20N4O2S. The summed E-state index contributed by atoms with van der Waals surface area (Å²) in [7, 11) is 5.57. The summed E-state index contributed by atoms with van der Waals surface area (Å²) in [6.07, 6.45) is 0. The van der Waals surface area contributed by atoms with E-state index < -0.39 is 0 Å². The predicted octanol–water partition coefficient (Wildman–Crippen LogP) is 2.11. The Hall–Kier alpha value is -1.60. The predicted molar refractivity (Wildman–Crippen MR) is 79.5 cm³/mol. The molecule has 2 rings (SSSR count). The standard InChI is InChI=1S/C13H20N4O2S/c1-8-9(2)19-11(15-8)7-14-6-10-12(18-5)16-13(20-10)17(3)4/h14H,6-7H2,1-5H3. The number of nitrogens with zero attached hydrogens (tertiary/aromatic N) is 3. The lowest BCUT2D eigenvalue weighted by atomic mass is 10.4. The van der Waals surface area contributed by atoms with Crippen molar-refractivity contribution in [3.63, 3.8) is 0 Å². The van der Waals surface area contributed by atoms with Crippen LogP contribution >= 0.6 is 11.3 Å². The first-order valence-corrected chi connectivity index (χ1v) is 7.17. The van der Waals surface area contributed by atoms with E-state index in [2.05, 4.69) is 15.3 Å². The first-order chi connectivity index (χ1) is 9.51. The van der Waals surface area contributed by atoms with Gasteiger partial charge >= 0.3 is 0 Å². The molecule has 2 heterocycles. The summed E-state index contributed by atoms with van der Waals surface area (Å²) in [5, 5.41) is 4.23. The van der Waals surface area contributed by atoms with Crippen molar-refractivity contribution in [2.75, 3.05) is 26.1 Å². The Bertz CT molecular complexity index is 557. The number of rotatable bonds is 6. The minimum absolute atomic E-state index is 0.590. The van der Waals surface area contributed by atoms with Crippen LogP contribution in [0.2, 0.25) is 0 Å². The Morgan fingerprint density at radius 1 is 1.25 bits per heavy atom. The molecule has 0 aliphatic rings. The van der Waals surface area contributed by atoms with Crippen molar-refractivity contribution in [1.29, 1.82) is 0 Å². The molecule has 6 nitrogen and oxygen atoms in total. The van der Waals surface area contributed by atoms with E-state index in [1.807, 2.05) is 32.8 Å². The molecule has 0 radical (unpaired) electrons. The molecule has 1 N–H and O–H groups in total. The van der Waals surface area contributed by atoms with Gasteiger partial charge in [-0.2, -0.15) is 4.98 Å². The summed E-state index contributed by atoms with van der Waals surface area (Å²) >= 11 is 1.61. The fourth-order valence-corrected chi connectivity index (χ4v) is 2.61. The van der Waals surface area contributed by atoms with E-state index in [-0.39, 0.29) is 0 Å². The van der Waals surface area contributed by atoms with Crippen molar-refractivity contribution in [3.8, 4) is 5.88 Å². The summed E-state index contributed by atoms with van der Waals surface area (Å²) in [5.74, 6) is 2.24. The van der Waals surface area contributed by atoms with Crippen LogP contribution in [0.25, 0.3) is 0 Å². The van der Waals surface area contributed by atoms with Gasteiger partial charge in [-0.3, -0.25) is 0 Å². The third-order valence-electron chi connectivity index (χ3n) is 2.86. The van der Waals surface area contributed by atoms with E-state index in [9.17, 15) is 0 Å². The van der Waals surface area contributed by atoms with E-state index in [0.29, 0.717) is 24.9 Å². The summed E-state index contributed by atoms with van der Waals surface area (Å²) in [4.78, 5) is 11.8. The Kier molecular flexibility index (Phi) is 4.61. The molecule has 0 fully saturated rings. The summed E-state index contributed by atoms with van der Waals surface area (Å²) in [5.41, 5.74) is 0.937. The second-order valence-corrected chi connectivity index (χ2v) is 5.74. The maximum atomic E-state index is 5.53. The lowest BCUT2D eigenvalue weighted by Crippen LogP contribution is -2.12. The molecular weight excluding hydrogens is 276 g/mol. The fraction of sp³-hybridized carbons (Fsp3) is 0.538. The molecule has 7 heteroatoms. The van der Waals surface area contributed by atoms with Gasteiger partial charge < -0.3 is 19.4 Å². The number of thiazole rings is 1. The summed E-state index contributed by atoms with van der Waals surface area (Å²) < 4.78 is 10.8. The molecule has 0 saturated heterocycles. The lowest BCUT2D eigenvalue weighted by Gasteiger charge is -2.04. The van der Waals surface area contributed by atoms with Crippen molar-refractivity contribution in [3.05, 3.63) is 22.2 Å². The molecule has 0 aromatic carbocycles. The fourth-order valence-electron chi connectivity index (χ4n) is 1.69. The Morgan fingerprint density at radius 2 is 2.00 bits per heavy atom. The first-order valence-electron chi connectivity index (χ1n) is 6.36. The largest absolute Gasteiger partial charge is 0.480 e. The Morgan fingerprint density at radius 3 is 2.55 bits per heavy atom. The van der Waals surface area contributed by atoms with Crippen molar-refractivity contribution in [2.45, 2.75) is 26.9 Å². The average Bonchev–Trinajstić information content (AvgIpc) is 2.94. The van der Waals surface area contributed by atoms with E-state index in [0.717, 1.165) is 21.5 Å². The highest BCUT2D eigenvalue weighted by Gasteiger charge is 2.13. The van der Waals surface area contributed by atoms with Crippen LogP contribution in [0.1, 0.15) is 22.2 Å². The lowest BCUT2D eigenvalue weighted by molar-refractivity contribution is 0.393. The van der Waals surface area contributed by atoms with Gasteiger partial charge in [0.25, 0.3) is 0 Å². The molecule has 0 aliphatic heterocycles. The Balaban J connectivity index is 1.96. The zero-order valence-electron chi connectivity index (χ0n) is 12.5. The van der Waals surface area contributed by atoms with Crippen LogP contribution in [0.3, 0.4) is 0 Å². The smallest absolute Gasteiger partial charge is 0.230 e. The van der Waals surface area contributed by atoms with Gasteiger partial charge in [0, 0.05) is 20.6 Å². The number of aryl methyl sites for hydroxylation is 2. The van der Waals surface area contributed by atoms with Crippen molar-refractivity contribution in [2.24, 2.45) is 0 Å². The average molecular weight is 296 g/mol. The van der Waals surface area contributed by atoms with Gasteiger partial charge in [-0.25, -0.2) is 4.98 Å². The Labute approximate surface area is 122 Å². The minimum Gasteiger partial charge on any atom is -0.480 e. The van der Waals surface area contributed by atoms with Crippen LogP contribution < -0.4 is 15.0 Å². The van der Waals surface area contributed by atoms with Crippen molar-refractivity contribution >= 4 is 16.5 Å². The molecule has 0 bridgehead atoms. The van der Waals surface area contributed by atoms with Crippen LogP contribution in [-0.4, -0.2) is 31.2 Å². The molecule has 2 aromatic heterocycles. The van der Waals surface area contributed by atoms with Crippen molar-refractivity contribution < 1.29 is 9.15 Å². The van der Waals surface area contributed by atoms with Gasteiger partial charge in [0.05, 0.1) is 24.2 Å². The summed E-state index contributed by atoms with van der Waals surface area (Å²) in [6, 6.07) is 0. The monoisotopic (exact) mass is 296 g/mol. The molecule has 0 atom stereocenters. The molecule has 20 heavy (non-hydrogen) atoms. The van der Waals surface area contributed by atoms with E-state index >= 15 is 0 Å². The van der Waals surface area contributed by atoms with Crippen LogP contribution in [0.15, 0.2) is 4.42 Å². The highest BCUT2D eigenvalue weighted by Crippen LogP contribution is 2.30. The van der Waals surface area contributed by atoms with Gasteiger partial charge in [0.1, 0.15) is 5.76 Å². The van der Waals surface area contributed by atoms with Gasteiger partial charge in [-0.15, -0.1) is 0 Å². The number of nitrogens with one attached hydrogen (secondary N) is 1. The SMILES string of the molecule is COc1nc(N(C)C)sc1CNCc1nc(C)c(C)o1. The van der Waals surface area contributed by atoms with Crippen LogP contribution in [-0.2, 0) is 13.1 Å². The molecule has 0 amide bonds. The minimum atomic E-state index is 0.590. The summed E-state index contributed by atoms with van der Waals surface area (Å²) in [6.45, 7) is 5.13. The molecule has 2 aromatic rings. The second-order valence-electron chi connectivity index (χ2n) is 4.68. The highest BCUT2D eigenvalue weighted by atomic mass is 32.1. The second kappa shape index (κ2) is 6.23. The van der Waals surface area contributed by atoms with Gasteiger partial charge in [0.15, 0.2) is 5.13 Å². The maximum Gasteiger partial charge on any atom is 0.230 e. The molecule has 0 saturated carbocycles. The first kappa shape index (κ1) is 14.8. The molecule has 0 aliphatic carbocycles. The third-order valence-corrected chi connectivity index (χ3v) is 4.07. The molecule has 110 valence electrons. The van der Waals surface area contributed by atoms with Gasteiger partial charge in [0.2, 0.25) is 11.8 Å². The number of aromatic nitrogens is 2. The third kappa shape index (κ3) is 3.29. The van der Waals surface area contributed by atoms with Crippen LogP contribution in [0, 0.1) is 13.8 Å².